The molecular weight excluding hydrogens is 314 g/mol. The summed E-state index contributed by atoms with van der Waals surface area (Å²) in [7, 11) is 0. The number of carbonyl (C=O) groups is 1. The summed E-state index contributed by atoms with van der Waals surface area (Å²) in [6, 6.07) is 3.75. The highest BCUT2D eigenvalue weighted by Crippen LogP contribution is 2.27. The van der Waals surface area contributed by atoms with Crippen molar-refractivity contribution in [1.29, 1.82) is 0 Å². The number of aryl methyl sites for hydroxylation is 1. The Labute approximate surface area is 139 Å². The van der Waals surface area contributed by atoms with E-state index < -0.39 is 11.6 Å². The predicted octanol–water partition coefficient (Wildman–Crippen LogP) is 2.06. The van der Waals surface area contributed by atoms with E-state index in [1.54, 1.807) is 16.9 Å². The lowest BCUT2D eigenvalue weighted by atomic mass is 9.86. The van der Waals surface area contributed by atoms with Crippen LogP contribution < -0.4 is 10.6 Å². The number of amides is 1. The fraction of sp³-hybridized carbons (Fsp3) is 0.412. The number of piperidine rings is 1. The van der Waals surface area contributed by atoms with Gasteiger partial charge in [0.1, 0.15) is 0 Å². The molecule has 128 valence electrons. The van der Waals surface area contributed by atoms with Gasteiger partial charge in [0.2, 0.25) is 0 Å². The first-order valence-corrected chi connectivity index (χ1v) is 8.07. The zero-order chi connectivity index (χ0) is 17.1. The molecular formula is C17H20F2N4O. The van der Waals surface area contributed by atoms with Gasteiger partial charge in [-0.1, -0.05) is 6.07 Å². The van der Waals surface area contributed by atoms with E-state index in [0.29, 0.717) is 24.2 Å². The third-order valence-electron chi connectivity index (χ3n) is 4.39. The molecule has 0 bridgehead atoms. The minimum Gasteiger partial charge on any atom is -0.347 e. The van der Waals surface area contributed by atoms with Gasteiger partial charge in [0.05, 0.1) is 11.8 Å². The van der Waals surface area contributed by atoms with E-state index >= 15 is 0 Å². The quantitative estimate of drug-likeness (QED) is 0.900. The fourth-order valence-corrected chi connectivity index (χ4v) is 3.06. The van der Waals surface area contributed by atoms with Crippen molar-refractivity contribution in [3.63, 3.8) is 0 Å². The zero-order valence-electron chi connectivity index (χ0n) is 13.4. The molecule has 2 N–H and O–H groups in total. The van der Waals surface area contributed by atoms with Crippen LogP contribution in [-0.2, 0) is 6.54 Å². The molecule has 0 aliphatic carbocycles. The highest BCUT2D eigenvalue weighted by molar-refractivity contribution is 5.94. The Hall–Kier alpha value is -2.28. The summed E-state index contributed by atoms with van der Waals surface area (Å²) in [6.45, 7) is 3.98. The largest absolute Gasteiger partial charge is 0.347 e. The van der Waals surface area contributed by atoms with Crippen LogP contribution in [0, 0.1) is 11.6 Å². The van der Waals surface area contributed by atoms with Crippen molar-refractivity contribution < 1.29 is 13.6 Å². The Morgan fingerprint density at radius 1 is 1.42 bits per heavy atom. The molecule has 0 spiro atoms. The monoisotopic (exact) mass is 334 g/mol. The molecule has 1 aliphatic heterocycles. The number of hydrogen-bond acceptors (Lipinski definition) is 3. The van der Waals surface area contributed by atoms with Crippen LogP contribution in [0.3, 0.4) is 0 Å². The maximum Gasteiger partial charge on any atom is 0.254 e. The first-order valence-electron chi connectivity index (χ1n) is 8.07. The van der Waals surface area contributed by atoms with E-state index in [9.17, 15) is 13.6 Å². The van der Waals surface area contributed by atoms with Gasteiger partial charge in [-0.15, -0.1) is 0 Å². The van der Waals surface area contributed by atoms with E-state index in [1.165, 1.54) is 12.3 Å². The summed E-state index contributed by atoms with van der Waals surface area (Å²) in [4.78, 5) is 12.4. The SMILES string of the molecule is CCn1cc(C(=O)NC2CNCCC2c2ccc(F)c(F)c2)cn1. The summed E-state index contributed by atoms with van der Waals surface area (Å²) in [5, 5.41) is 10.3. The van der Waals surface area contributed by atoms with E-state index in [4.69, 9.17) is 0 Å². The number of benzene rings is 1. The van der Waals surface area contributed by atoms with Crippen LogP contribution in [0.2, 0.25) is 0 Å². The Morgan fingerprint density at radius 2 is 2.25 bits per heavy atom. The smallest absolute Gasteiger partial charge is 0.254 e. The number of aromatic nitrogens is 2. The Kier molecular flexibility index (Phi) is 4.89. The second-order valence-corrected chi connectivity index (χ2v) is 5.94. The summed E-state index contributed by atoms with van der Waals surface area (Å²) < 4.78 is 28.4. The number of nitrogens with zero attached hydrogens (tertiary/aromatic N) is 2. The topological polar surface area (TPSA) is 59.0 Å². The lowest BCUT2D eigenvalue weighted by Crippen LogP contribution is -2.50. The number of nitrogens with one attached hydrogen (secondary N) is 2. The van der Waals surface area contributed by atoms with Gasteiger partial charge in [0.25, 0.3) is 5.91 Å². The molecule has 2 aromatic rings. The van der Waals surface area contributed by atoms with Crippen LogP contribution in [0.5, 0.6) is 0 Å². The number of hydrogen-bond donors (Lipinski definition) is 2. The molecule has 2 unspecified atom stereocenters. The molecule has 3 rings (SSSR count). The molecule has 2 atom stereocenters. The zero-order valence-corrected chi connectivity index (χ0v) is 13.4. The molecule has 1 amide bonds. The van der Waals surface area contributed by atoms with Crippen LogP contribution in [0.25, 0.3) is 0 Å². The van der Waals surface area contributed by atoms with E-state index in [1.807, 2.05) is 6.92 Å². The molecule has 1 aromatic heterocycles. The Morgan fingerprint density at radius 3 is 2.96 bits per heavy atom. The lowest BCUT2D eigenvalue weighted by Gasteiger charge is -2.33. The van der Waals surface area contributed by atoms with Gasteiger partial charge in [-0.2, -0.15) is 5.10 Å². The van der Waals surface area contributed by atoms with Crippen LogP contribution in [-0.4, -0.2) is 34.8 Å². The van der Waals surface area contributed by atoms with Crippen LogP contribution in [0.1, 0.15) is 35.2 Å². The molecule has 1 fully saturated rings. The van der Waals surface area contributed by atoms with Gasteiger partial charge in [-0.25, -0.2) is 8.78 Å². The standard InChI is InChI=1S/C17H20F2N4O/c1-2-23-10-12(8-21-23)17(24)22-16-9-20-6-5-13(16)11-3-4-14(18)15(19)7-11/h3-4,7-8,10,13,16,20H,2,5-6,9H2,1H3,(H,22,24). The number of rotatable bonds is 4. The summed E-state index contributed by atoms with van der Waals surface area (Å²) in [5.74, 6) is -2.00. The molecule has 7 heteroatoms. The maximum atomic E-state index is 13.5. The number of halogens is 2. The second kappa shape index (κ2) is 7.09. The first kappa shape index (κ1) is 16.6. The van der Waals surface area contributed by atoms with Gasteiger partial charge in [0, 0.05) is 31.2 Å². The van der Waals surface area contributed by atoms with Gasteiger partial charge in [-0.05, 0) is 37.6 Å². The molecule has 1 aliphatic rings. The van der Waals surface area contributed by atoms with Crippen molar-refractivity contribution in [2.24, 2.45) is 0 Å². The molecule has 1 saturated heterocycles. The average molecular weight is 334 g/mol. The minimum atomic E-state index is -0.861. The first-order chi connectivity index (χ1) is 11.6. The Balaban J connectivity index is 1.76. The molecule has 5 nitrogen and oxygen atoms in total. The molecule has 2 heterocycles. The minimum absolute atomic E-state index is 0.0634. The average Bonchev–Trinajstić information content (AvgIpc) is 3.07. The van der Waals surface area contributed by atoms with E-state index in [-0.39, 0.29) is 17.9 Å². The van der Waals surface area contributed by atoms with Gasteiger partial charge in [-0.3, -0.25) is 9.48 Å². The summed E-state index contributed by atoms with van der Waals surface area (Å²) in [5.41, 5.74) is 1.19. The molecule has 24 heavy (non-hydrogen) atoms. The van der Waals surface area contributed by atoms with Crippen molar-refractivity contribution >= 4 is 5.91 Å². The number of carbonyl (C=O) groups excluding carboxylic acids is 1. The van der Waals surface area contributed by atoms with Crippen LogP contribution in [0.4, 0.5) is 8.78 Å². The normalized spacial score (nSPS) is 20.8. The van der Waals surface area contributed by atoms with Crippen molar-refractivity contribution in [1.82, 2.24) is 20.4 Å². The van der Waals surface area contributed by atoms with Crippen molar-refractivity contribution in [3.05, 3.63) is 53.4 Å². The van der Waals surface area contributed by atoms with Crippen LogP contribution >= 0.6 is 0 Å². The summed E-state index contributed by atoms with van der Waals surface area (Å²) >= 11 is 0. The van der Waals surface area contributed by atoms with E-state index in [0.717, 1.165) is 19.0 Å². The van der Waals surface area contributed by atoms with Crippen molar-refractivity contribution in [2.45, 2.75) is 31.8 Å². The second-order valence-electron chi connectivity index (χ2n) is 5.94. The molecule has 0 radical (unpaired) electrons. The van der Waals surface area contributed by atoms with Crippen molar-refractivity contribution in [3.8, 4) is 0 Å². The third-order valence-corrected chi connectivity index (χ3v) is 4.39. The molecule has 1 aromatic carbocycles. The summed E-state index contributed by atoms with van der Waals surface area (Å²) in [6.07, 6.45) is 3.96. The molecule has 0 saturated carbocycles. The fourth-order valence-electron chi connectivity index (χ4n) is 3.06. The van der Waals surface area contributed by atoms with Gasteiger partial charge >= 0.3 is 0 Å². The highest BCUT2D eigenvalue weighted by Gasteiger charge is 2.28. The highest BCUT2D eigenvalue weighted by atomic mass is 19.2. The predicted molar refractivity (Wildman–Crippen MR) is 85.7 cm³/mol. The maximum absolute atomic E-state index is 13.5. The third kappa shape index (κ3) is 3.46. The Bertz CT molecular complexity index is 731. The van der Waals surface area contributed by atoms with Gasteiger partial charge in [0.15, 0.2) is 11.6 Å². The van der Waals surface area contributed by atoms with Crippen molar-refractivity contribution in [2.75, 3.05) is 13.1 Å². The van der Waals surface area contributed by atoms with Crippen LogP contribution in [0.15, 0.2) is 30.6 Å². The lowest BCUT2D eigenvalue weighted by molar-refractivity contribution is 0.0924. The van der Waals surface area contributed by atoms with E-state index in [2.05, 4.69) is 15.7 Å². The van der Waals surface area contributed by atoms with Gasteiger partial charge < -0.3 is 10.6 Å².